The van der Waals surface area contributed by atoms with Gasteiger partial charge in [0.2, 0.25) is 0 Å². The van der Waals surface area contributed by atoms with E-state index < -0.39 is 0 Å². The predicted octanol–water partition coefficient (Wildman–Crippen LogP) is -1.60. The third-order valence-corrected chi connectivity index (χ3v) is 0. The Bertz CT molecular complexity index is 22.5. The molecule has 0 aromatic carbocycles. The normalized spacial score (nSPS) is 0. The van der Waals surface area contributed by atoms with Crippen LogP contribution in [-0.4, -0.2) is 97.8 Å². The molecule has 0 rings (SSSR count). The molecule has 0 atom stereocenters. The Balaban J connectivity index is 0. The van der Waals surface area contributed by atoms with Crippen molar-refractivity contribution in [1.82, 2.24) is 0 Å². The molecule has 0 aromatic heterocycles. The molecule has 0 saturated heterocycles. The van der Waals surface area contributed by atoms with E-state index in [1.54, 1.807) is 0 Å². The summed E-state index contributed by atoms with van der Waals surface area (Å²) in [5.74, 6) is 0. The van der Waals surface area contributed by atoms with Crippen LogP contribution in [0.1, 0.15) is 0 Å². The van der Waals surface area contributed by atoms with Gasteiger partial charge in [0.1, 0.15) is 0 Å². The molecule has 0 bridgehead atoms. The summed E-state index contributed by atoms with van der Waals surface area (Å²) < 4.78 is 0. The first kappa shape index (κ1) is 169. The molecule has 2 radical (unpaired) electrons. The summed E-state index contributed by atoms with van der Waals surface area (Å²) in [6, 6.07) is 0. The molecular formula is Ba2Co2O7Y2. The summed E-state index contributed by atoms with van der Waals surface area (Å²) in [4.78, 5) is 0. The molecule has 0 aromatic rings. The van der Waals surface area contributed by atoms with E-state index in [2.05, 4.69) is 0 Å². The van der Waals surface area contributed by atoms with Crippen LogP contribution in [0.3, 0.4) is 0 Å². The molecule has 0 fully saturated rings. The topological polar surface area (TPSA) is 200 Å². The van der Waals surface area contributed by atoms with E-state index in [-0.39, 0.29) is 235 Å². The van der Waals surface area contributed by atoms with Crippen LogP contribution in [0.15, 0.2) is 0 Å². The molecule has 13 heavy (non-hydrogen) atoms. The van der Waals surface area contributed by atoms with Gasteiger partial charge in [-0.2, -0.15) is 0 Å². The molecule has 0 aliphatic rings. The SMILES string of the molecule is [Ba+2].[Ba+2].[Co+2].[Co+2].[O-2].[O-2].[O-2].[O-2].[O-2].[O-2].[O-2].[Y+3].[Y+3]. The molecule has 0 spiro atoms. The van der Waals surface area contributed by atoms with Gasteiger partial charge in [0.05, 0.1) is 0 Å². The standard InChI is InChI=1S/2Ba.2Co.7O.2Y/q4*+2;7*-2;2*+3. The van der Waals surface area contributed by atoms with Crippen LogP contribution in [0.2, 0.25) is 0 Å². The van der Waals surface area contributed by atoms with Gasteiger partial charge in [-0.15, -0.1) is 0 Å². The monoisotopic (exact) mass is 683 g/mol. The fourth-order valence-corrected chi connectivity index (χ4v) is 0. The third-order valence-electron chi connectivity index (χ3n) is 0. The minimum Gasteiger partial charge on any atom is -2.00 e. The van der Waals surface area contributed by atoms with Gasteiger partial charge in [0.25, 0.3) is 0 Å². The zero-order chi connectivity index (χ0) is 0. The predicted molar refractivity (Wildman–Crippen MR) is 16.3 cm³/mol. The van der Waals surface area contributed by atoms with Crippen molar-refractivity contribution in [1.29, 1.82) is 0 Å². The Kier molecular flexibility index (Phi) is 1850. The molecular weight excluding hydrogens is 682 g/mol. The van der Waals surface area contributed by atoms with E-state index in [0.717, 1.165) is 0 Å². The van der Waals surface area contributed by atoms with Crippen LogP contribution in [0.5, 0.6) is 0 Å². The van der Waals surface area contributed by atoms with Crippen molar-refractivity contribution >= 4 is 97.8 Å². The van der Waals surface area contributed by atoms with Crippen molar-refractivity contribution in [2.75, 3.05) is 0 Å². The summed E-state index contributed by atoms with van der Waals surface area (Å²) in [6.45, 7) is 0. The molecule has 13 heteroatoms. The zero-order valence-electron chi connectivity index (χ0n) is 6.09. The van der Waals surface area contributed by atoms with Crippen LogP contribution in [0, 0.1) is 0 Å². The first-order valence-electron chi connectivity index (χ1n) is 0. The van der Waals surface area contributed by atoms with Crippen LogP contribution < -0.4 is 0 Å². The van der Waals surface area contributed by atoms with Crippen molar-refractivity contribution in [3.63, 3.8) is 0 Å². The van der Waals surface area contributed by atoms with E-state index in [0.29, 0.717) is 0 Å². The Hall–Kier alpha value is 6.08. The van der Waals surface area contributed by atoms with E-state index in [1.165, 1.54) is 0 Å². The van der Waals surface area contributed by atoms with Crippen molar-refractivity contribution in [2.24, 2.45) is 0 Å². The average molecular weight is 682 g/mol. The van der Waals surface area contributed by atoms with Crippen LogP contribution >= 0.6 is 0 Å². The van der Waals surface area contributed by atoms with Gasteiger partial charge >= 0.3 is 197 Å². The molecule has 0 aliphatic heterocycles. The summed E-state index contributed by atoms with van der Waals surface area (Å²) in [6.07, 6.45) is 0. The number of hydrogen-bond donors (Lipinski definition) is 0. The molecule has 0 saturated carbocycles. The van der Waals surface area contributed by atoms with E-state index in [9.17, 15) is 0 Å². The largest absolute Gasteiger partial charge is 3.00 e. The van der Waals surface area contributed by atoms with Crippen molar-refractivity contribution in [3.05, 3.63) is 0 Å². The maximum Gasteiger partial charge on any atom is 3.00 e. The fourth-order valence-electron chi connectivity index (χ4n) is 0. The maximum absolute atomic E-state index is 0. The van der Waals surface area contributed by atoms with E-state index >= 15 is 0 Å². The second-order valence-corrected chi connectivity index (χ2v) is 0. The van der Waals surface area contributed by atoms with Crippen molar-refractivity contribution < 1.29 is 137 Å². The second kappa shape index (κ2) is 143. The van der Waals surface area contributed by atoms with Gasteiger partial charge < -0.3 is 38.3 Å². The molecule has 0 amide bonds. The van der Waals surface area contributed by atoms with Crippen molar-refractivity contribution in [2.45, 2.75) is 0 Å². The second-order valence-electron chi connectivity index (χ2n) is 0. The third kappa shape index (κ3) is 126. The Morgan fingerprint density at radius 2 is 0.308 bits per heavy atom. The van der Waals surface area contributed by atoms with E-state index in [1.807, 2.05) is 0 Å². The average Bonchev–Trinajstić information content (AvgIpc) is 0. The molecule has 0 N–H and O–H groups in total. The molecule has 0 heterocycles. The van der Waals surface area contributed by atoms with Crippen LogP contribution in [0.25, 0.3) is 0 Å². The Labute approximate surface area is 228 Å². The maximum atomic E-state index is 0. The molecule has 7 nitrogen and oxygen atoms in total. The quantitative estimate of drug-likeness (QED) is 0.266. The van der Waals surface area contributed by atoms with Gasteiger partial charge in [-0.1, -0.05) is 0 Å². The minimum absolute atomic E-state index is 0. The van der Waals surface area contributed by atoms with Gasteiger partial charge in [-0.3, -0.25) is 0 Å². The van der Waals surface area contributed by atoms with Crippen molar-refractivity contribution in [3.8, 4) is 0 Å². The first-order valence-corrected chi connectivity index (χ1v) is 0. The summed E-state index contributed by atoms with van der Waals surface area (Å²) in [7, 11) is 0. The van der Waals surface area contributed by atoms with Gasteiger partial charge in [0, 0.05) is 0 Å². The van der Waals surface area contributed by atoms with Gasteiger partial charge in [-0.25, -0.2) is 0 Å². The molecule has 70 valence electrons. The molecule has 0 aliphatic carbocycles. The summed E-state index contributed by atoms with van der Waals surface area (Å²) in [5, 5.41) is 0. The van der Waals surface area contributed by atoms with Gasteiger partial charge in [0.15, 0.2) is 0 Å². The smallest absolute Gasteiger partial charge is 2.00 e. The molecule has 0 unspecified atom stereocenters. The zero-order valence-corrected chi connectivity index (χ0v) is 22.7. The van der Waals surface area contributed by atoms with Gasteiger partial charge in [-0.05, 0) is 0 Å². The number of rotatable bonds is 0. The van der Waals surface area contributed by atoms with Crippen LogP contribution in [-0.2, 0) is 137 Å². The Morgan fingerprint density at radius 3 is 0.308 bits per heavy atom. The minimum atomic E-state index is 0. The Morgan fingerprint density at radius 1 is 0.308 bits per heavy atom. The van der Waals surface area contributed by atoms with E-state index in [4.69, 9.17) is 0 Å². The summed E-state index contributed by atoms with van der Waals surface area (Å²) >= 11 is 0. The fraction of sp³-hybridized carbons (Fsp3) is 0. The first-order chi connectivity index (χ1) is 0. The number of hydrogen-bond acceptors (Lipinski definition) is 0. The van der Waals surface area contributed by atoms with Crippen LogP contribution in [0.4, 0.5) is 0 Å². The summed E-state index contributed by atoms with van der Waals surface area (Å²) in [5.41, 5.74) is 0.